The minimum absolute atomic E-state index is 0.273. The van der Waals surface area contributed by atoms with Crippen LogP contribution in [-0.4, -0.2) is 6.04 Å². The molecule has 0 heterocycles. The Balaban J connectivity index is 1.32. The summed E-state index contributed by atoms with van der Waals surface area (Å²) in [6.45, 7) is 16.0. The predicted octanol–water partition coefficient (Wildman–Crippen LogP) is 11.5. The molecule has 0 radical (unpaired) electrons. The first kappa shape index (κ1) is 31.0. The summed E-state index contributed by atoms with van der Waals surface area (Å²) in [4.78, 5) is 5.06. The number of anilines is 2. The van der Waals surface area contributed by atoms with E-state index in [9.17, 15) is 0 Å². The molecule has 6 rings (SSSR count). The van der Waals surface area contributed by atoms with Crippen molar-refractivity contribution in [2.75, 3.05) is 9.80 Å². The van der Waals surface area contributed by atoms with E-state index in [0.717, 1.165) is 25.7 Å². The fraction of sp³-hybridized carbons (Fsp3) is 0.349. The van der Waals surface area contributed by atoms with Gasteiger partial charge in [-0.05, 0) is 136 Å². The van der Waals surface area contributed by atoms with Crippen molar-refractivity contribution in [1.82, 2.24) is 0 Å². The Morgan fingerprint density at radius 2 is 1.42 bits per heavy atom. The molecular formula is C43H50N2. The number of rotatable bonds is 7. The summed E-state index contributed by atoms with van der Waals surface area (Å²) in [5, 5.41) is 0. The Labute approximate surface area is 272 Å². The smallest absolute Gasteiger partial charge is 0.0562 e. The van der Waals surface area contributed by atoms with Crippen molar-refractivity contribution in [3.05, 3.63) is 148 Å². The Hall–Kier alpha value is -4.04. The summed E-state index contributed by atoms with van der Waals surface area (Å²) in [6, 6.07) is 16.3. The van der Waals surface area contributed by atoms with Crippen LogP contribution in [-0.2, 0) is 0 Å². The lowest BCUT2D eigenvalue weighted by Gasteiger charge is -2.37. The van der Waals surface area contributed by atoms with E-state index in [0.29, 0.717) is 17.8 Å². The van der Waals surface area contributed by atoms with E-state index < -0.39 is 0 Å². The van der Waals surface area contributed by atoms with E-state index in [1.54, 1.807) is 0 Å². The lowest BCUT2D eigenvalue weighted by molar-refractivity contribution is 0.678. The van der Waals surface area contributed by atoms with Crippen LogP contribution in [0.5, 0.6) is 0 Å². The summed E-state index contributed by atoms with van der Waals surface area (Å²) in [5.74, 6) is 1.63. The van der Waals surface area contributed by atoms with Gasteiger partial charge in [-0.2, -0.15) is 0 Å². The second-order valence-electron chi connectivity index (χ2n) is 14.0. The van der Waals surface area contributed by atoms with Gasteiger partial charge in [-0.15, -0.1) is 0 Å². The summed E-state index contributed by atoms with van der Waals surface area (Å²) in [7, 11) is 0. The van der Waals surface area contributed by atoms with Gasteiger partial charge in [0.2, 0.25) is 0 Å². The van der Waals surface area contributed by atoms with Gasteiger partial charge in [0.25, 0.3) is 0 Å². The zero-order chi connectivity index (χ0) is 31.7. The topological polar surface area (TPSA) is 6.48 Å². The quantitative estimate of drug-likeness (QED) is 0.315. The van der Waals surface area contributed by atoms with Gasteiger partial charge in [0.1, 0.15) is 0 Å². The summed E-state index contributed by atoms with van der Waals surface area (Å²) < 4.78 is 0. The Bertz CT molecular complexity index is 1700. The molecule has 0 aliphatic heterocycles. The third-order valence-corrected chi connectivity index (χ3v) is 9.63. The van der Waals surface area contributed by atoms with Crippen LogP contribution in [0.25, 0.3) is 5.57 Å². The highest BCUT2D eigenvalue weighted by atomic mass is 15.2. The largest absolute Gasteiger partial charge is 0.334 e. The fourth-order valence-electron chi connectivity index (χ4n) is 7.53. The first-order valence-corrected chi connectivity index (χ1v) is 17.0. The van der Waals surface area contributed by atoms with Crippen LogP contribution in [0.1, 0.15) is 77.0 Å². The van der Waals surface area contributed by atoms with Gasteiger partial charge >= 0.3 is 0 Å². The zero-order valence-corrected chi connectivity index (χ0v) is 28.3. The lowest BCUT2D eigenvalue weighted by atomic mass is 9.87. The molecule has 0 N–H and O–H groups in total. The van der Waals surface area contributed by atoms with Crippen LogP contribution >= 0.6 is 0 Å². The molecule has 4 unspecified atom stereocenters. The average molecular weight is 595 g/mol. The number of aryl methyl sites for hydroxylation is 2. The van der Waals surface area contributed by atoms with Gasteiger partial charge in [0, 0.05) is 28.5 Å². The molecule has 4 aliphatic rings. The molecule has 0 fully saturated rings. The molecule has 0 amide bonds. The summed E-state index contributed by atoms with van der Waals surface area (Å²) >= 11 is 0. The maximum Gasteiger partial charge on any atom is 0.0562 e. The van der Waals surface area contributed by atoms with Gasteiger partial charge in [-0.1, -0.05) is 92.6 Å². The van der Waals surface area contributed by atoms with E-state index in [-0.39, 0.29) is 6.04 Å². The highest BCUT2D eigenvalue weighted by molar-refractivity contribution is 5.81. The standard InChI is InChI=1S/C43H50N2/c1-29-11-8-14-36(22-29)44(37-15-9-12-30(2)23-37)39-17-19-42(34(6)27-39)43-20-18-40(28-35(43)7)45(38-16-10-13-31(3)24-38)41-25-32(4)21-33(5)26-41/h8-11,14-25,28,30-31,33,39H,12-13,26-27H2,1-7H3. The second-order valence-corrected chi connectivity index (χ2v) is 14.0. The number of hydrogen-bond donors (Lipinski definition) is 0. The third kappa shape index (κ3) is 6.81. The third-order valence-electron chi connectivity index (χ3n) is 9.63. The molecule has 232 valence electrons. The SMILES string of the molecule is CC1=CC(C)CC(N(C2=CC(C)CC=C2)c2ccc(C3=C(C)CC(N(C4=CC(C)CC=C4)c4cccc(C)c4)C=C3)c(C)c2)=C1. The molecule has 2 aromatic carbocycles. The van der Waals surface area contributed by atoms with Gasteiger partial charge < -0.3 is 9.80 Å². The molecule has 0 saturated carbocycles. The van der Waals surface area contributed by atoms with Crippen molar-refractivity contribution >= 4 is 16.9 Å². The van der Waals surface area contributed by atoms with Crippen molar-refractivity contribution in [3.63, 3.8) is 0 Å². The Morgan fingerprint density at radius 3 is 2.09 bits per heavy atom. The minimum atomic E-state index is 0.273. The fourth-order valence-corrected chi connectivity index (χ4v) is 7.53. The van der Waals surface area contributed by atoms with E-state index in [1.165, 1.54) is 61.9 Å². The van der Waals surface area contributed by atoms with Crippen molar-refractivity contribution < 1.29 is 0 Å². The van der Waals surface area contributed by atoms with E-state index in [1.807, 2.05) is 0 Å². The van der Waals surface area contributed by atoms with Crippen molar-refractivity contribution in [1.29, 1.82) is 0 Å². The molecule has 4 atom stereocenters. The number of nitrogens with zero attached hydrogens (tertiary/aromatic N) is 2. The van der Waals surface area contributed by atoms with Crippen molar-refractivity contribution in [2.24, 2.45) is 17.8 Å². The van der Waals surface area contributed by atoms with Crippen LogP contribution in [0, 0.1) is 31.6 Å². The molecule has 2 nitrogen and oxygen atoms in total. The van der Waals surface area contributed by atoms with Crippen LogP contribution < -0.4 is 9.80 Å². The van der Waals surface area contributed by atoms with Crippen LogP contribution in [0.15, 0.2) is 131 Å². The number of benzene rings is 2. The highest BCUT2D eigenvalue weighted by Gasteiger charge is 2.26. The van der Waals surface area contributed by atoms with Gasteiger partial charge in [-0.25, -0.2) is 0 Å². The number of allylic oxidation sites excluding steroid dienone is 12. The zero-order valence-electron chi connectivity index (χ0n) is 28.3. The van der Waals surface area contributed by atoms with Crippen molar-refractivity contribution in [2.45, 2.75) is 80.2 Å². The molecule has 0 aromatic heterocycles. The van der Waals surface area contributed by atoms with Gasteiger partial charge in [-0.3, -0.25) is 0 Å². The van der Waals surface area contributed by atoms with Crippen molar-refractivity contribution in [3.8, 4) is 0 Å². The van der Waals surface area contributed by atoms with Gasteiger partial charge in [0.05, 0.1) is 6.04 Å². The second kappa shape index (κ2) is 13.1. The van der Waals surface area contributed by atoms with Crippen LogP contribution in [0.3, 0.4) is 0 Å². The summed E-state index contributed by atoms with van der Waals surface area (Å²) in [5.41, 5.74) is 14.6. The Morgan fingerprint density at radius 1 is 0.689 bits per heavy atom. The first-order chi connectivity index (χ1) is 21.7. The molecule has 45 heavy (non-hydrogen) atoms. The number of hydrogen-bond acceptors (Lipinski definition) is 2. The predicted molar refractivity (Wildman–Crippen MR) is 195 cm³/mol. The van der Waals surface area contributed by atoms with Gasteiger partial charge in [0.15, 0.2) is 0 Å². The van der Waals surface area contributed by atoms with E-state index in [4.69, 9.17) is 0 Å². The van der Waals surface area contributed by atoms with Crippen LogP contribution in [0.2, 0.25) is 0 Å². The highest BCUT2D eigenvalue weighted by Crippen LogP contribution is 2.39. The Kier molecular flexibility index (Phi) is 9.04. The maximum atomic E-state index is 2.55. The molecule has 0 spiro atoms. The van der Waals surface area contributed by atoms with E-state index >= 15 is 0 Å². The maximum absolute atomic E-state index is 2.55. The molecule has 2 heteroatoms. The van der Waals surface area contributed by atoms with Crippen LogP contribution in [0.4, 0.5) is 11.4 Å². The minimum Gasteiger partial charge on any atom is -0.334 e. The molecule has 0 saturated heterocycles. The average Bonchev–Trinajstić information content (AvgIpc) is 2.98. The molecule has 0 bridgehead atoms. The molecule has 2 aromatic rings. The first-order valence-electron chi connectivity index (χ1n) is 17.0. The summed E-state index contributed by atoms with van der Waals surface area (Å²) in [6.07, 6.45) is 28.0. The molecular weight excluding hydrogens is 544 g/mol. The normalized spacial score (nSPS) is 24.6. The lowest BCUT2D eigenvalue weighted by Crippen LogP contribution is -2.35. The molecule has 4 aliphatic carbocycles. The van der Waals surface area contributed by atoms with E-state index in [2.05, 4.69) is 161 Å². The monoisotopic (exact) mass is 594 g/mol.